The summed E-state index contributed by atoms with van der Waals surface area (Å²) < 4.78 is 19.8. The number of para-hydroxylation sites is 1. The second-order valence-corrected chi connectivity index (χ2v) is 5.13. The molecule has 0 saturated heterocycles. The molecule has 0 amide bonds. The number of benzene rings is 2. The molecule has 2 aromatic rings. The highest BCUT2D eigenvalue weighted by Crippen LogP contribution is 2.35. The van der Waals surface area contributed by atoms with Gasteiger partial charge in [0.1, 0.15) is 0 Å². The molecule has 0 aliphatic heterocycles. The predicted octanol–water partition coefficient (Wildman–Crippen LogP) is 5.77. The third-order valence-electron chi connectivity index (χ3n) is 2.30. The molecule has 0 aliphatic carbocycles. The SMILES string of the molecule is Fc1cc(Br)ccc1Oc1c(Cl)cccc1CCl. The number of hydrogen-bond acceptors (Lipinski definition) is 1. The number of rotatable bonds is 3. The summed E-state index contributed by atoms with van der Waals surface area (Å²) in [4.78, 5) is 0. The first-order valence-corrected chi connectivity index (χ1v) is 6.78. The van der Waals surface area contributed by atoms with Gasteiger partial charge in [-0.3, -0.25) is 0 Å². The first kappa shape index (κ1) is 13.7. The first-order valence-electron chi connectivity index (χ1n) is 5.08. The summed E-state index contributed by atoms with van der Waals surface area (Å²) in [6.07, 6.45) is 0. The third kappa shape index (κ3) is 2.97. The van der Waals surface area contributed by atoms with Crippen LogP contribution in [0.1, 0.15) is 5.56 Å². The van der Waals surface area contributed by atoms with Crippen LogP contribution in [-0.4, -0.2) is 0 Å². The molecule has 0 atom stereocenters. The van der Waals surface area contributed by atoms with E-state index in [1.165, 1.54) is 12.1 Å². The van der Waals surface area contributed by atoms with E-state index in [-0.39, 0.29) is 11.6 Å². The minimum absolute atomic E-state index is 0.109. The third-order valence-corrected chi connectivity index (χ3v) is 3.38. The van der Waals surface area contributed by atoms with Crippen LogP contribution in [0.3, 0.4) is 0 Å². The highest BCUT2D eigenvalue weighted by molar-refractivity contribution is 9.10. The summed E-state index contributed by atoms with van der Waals surface area (Å²) >= 11 is 15.0. The van der Waals surface area contributed by atoms with Crippen molar-refractivity contribution in [3.63, 3.8) is 0 Å². The monoisotopic (exact) mass is 348 g/mol. The molecule has 0 aliphatic rings. The second kappa shape index (κ2) is 5.91. The van der Waals surface area contributed by atoms with Crippen LogP contribution >= 0.6 is 39.1 Å². The topological polar surface area (TPSA) is 9.23 Å². The van der Waals surface area contributed by atoms with Crippen LogP contribution in [0.5, 0.6) is 11.5 Å². The largest absolute Gasteiger partial charge is 0.452 e. The fourth-order valence-corrected chi connectivity index (χ4v) is 2.22. The van der Waals surface area contributed by atoms with Gasteiger partial charge < -0.3 is 4.74 Å². The van der Waals surface area contributed by atoms with Gasteiger partial charge in [0.25, 0.3) is 0 Å². The average molecular weight is 350 g/mol. The van der Waals surface area contributed by atoms with Crippen molar-refractivity contribution >= 4 is 39.1 Å². The van der Waals surface area contributed by atoms with Crippen LogP contribution in [0.25, 0.3) is 0 Å². The summed E-state index contributed by atoms with van der Waals surface area (Å²) in [6.45, 7) is 0. The van der Waals surface area contributed by atoms with Gasteiger partial charge in [0, 0.05) is 10.0 Å². The molecule has 2 rings (SSSR count). The van der Waals surface area contributed by atoms with E-state index < -0.39 is 5.82 Å². The van der Waals surface area contributed by atoms with Crippen molar-refractivity contribution in [1.82, 2.24) is 0 Å². The van der Waals surface area contributed by atoms with Crippen LogP contribution in [0.15, 0.2) is 40.9 Å². The van der Waals surface area contributed by atoms with Gasteiger partial charge >= 0.3 is 0 Å². The lowest BCUT2D eigenvalue weighted by molar-refractivity contribution is 0.439. The molecule has 2 aromatic carbocycles. The minimum Gasteiger partial charge on any atom is -0.452 e. The molecule has 1 nitrogen and oxygen atoms in total. The fraction of sp³-hybridized carbons (Fsp3) is 0.0769. The molecular formula is C13H8BrCl2FO. The Balaban J connectivity index is 2.39. The quantitative estimate of drug-likeness (QED) is 0.639. The zero-order valence-electron chi connectivity index (χ0n) is 9.09. The van der Waals surface area contributed by atoms with Crippen molar-refractivity contribution in [2.45, 2.75) is 5.88 Å². The smallest absolute Gasteiger partial charge is 0.166 e. The molecule has 0 radical (unpaired) electrons. The van der Waals surface area contributed by atoms with E-state index in [1.54, 1.807) is 24.3 Å². The Labute approximate surface area is 123 Å². The van der Waals surface area contributed by atoms with E-state index in [1.807, 2.05) is 0 Å². The Kier molecular flexibility index (Phi) is 4.49. The molecular weight excluding hydrogens is 342 g/mol. The van der Waals surface area contributed by atoms with Gasteiger partial charge in [0.2, 0.25) is 0 Å². The van der Waals surface area contributed by atoms with Gasteiger partial charge in [-0.15, -0.1) is 11.6 Å². The van der Waals surface area contributed by atoms with Crippen molar-refractivity contribution in [1.29, 1.82) is 0 Å². The number of hydrogen-bond donors (Lipinski definition) is 0. The van der Waals surface area contributed by atoms with E-state index >= 15 is 0 Å². The number of halogens is 4. The molecule has 0 N–H and O–H groups in total. The molecule has 18 heavy (non-hydrogen) atoms. The van der Waals surface area contributed by atoms with Crippen LogP contribution in [-0.2, 0) is 5.88 Å². The van der Waals surface area contributed by atoms with Crippen molar-refractivity contribution in [3.05, 3.63) is 57.3 Å². The van der Waals surface area contributed by atoms with Gasteiger partial charge in [0.15, 0.2) is 17.3 Å². The van der Waals surface area contributed by atoms with E-state index in [0.29, 0.717) is 20.8 Å². The Morgan fingerprint density at radius 2 is 2.00 bits per heavy atom. The minimum atomic E-state index is -0.468. The van der Waals surface area contributed by atoms with Gasteiger partial charge in [-0.1, -0.05) is 39.7 Å². The zero-order chi connectivity index (χ0) is 13.1. The standard InChI is InChI=1S/C13H8BrCl2FO/c14-9-4-5-12(11(17)6-9)18-13-8(7-15)2-1-3-10(13)16/h1-6H,7H2. The van der Waals surface area contributed by atoms with Gasteiger partial charge in [-0.2, -0.15) is 0 Å². The lowest BCUT2D eigenvalue weighted by atomic mass is 10.2. The summed E-state index contributed by atoms with van der Waals surface area (Å²) in [5, 5.41) is 0.399. The van der Waals surface area contributed by atoms with E-state index in [4.69, 9.17) is 27.9 Å². The van der Waals surface area contributed by atoms with Gasteiger partial charge in [-0.25, -0.2) is 4.39 Å². The Morgan fingerprint density at radius 1 is 1.22 bits per heavy atom. The second-order valence-electron chi connectivity index (χ2n) is 3.54. The van der Waals surface area contributed by atoms with E-state index in [2.05, 4.69) is 15.9 Å². The molecule has 0 spiro atoms. The van der Waals surface area contributed by atoms with Crippen LogP contribution in [0, 0.1) is 5.82 Å². The molecule has 0 saturated carbocycles. The molecule has 0 unspecified atom stereocenters. The fourth-order valence-electron chi connectivity index (χ4n) is 1.44. The van der Waals surface area contributed by atoms with E-state index in [9.17, 15) is 4.39 Å². The summed E-state index contributed by atoms with van der Waals surface area (Å²) in [5.74, 6) is 0.270. The maximum atomic E-state index is 13.7. The number of ether oxygens (including phenoxy) is 1. The lowest BCUT2D eigenvalue weighted by Crippen LogP contribution is -1.93. The molecule has 0 heterocycles. The van der Waals surface area contributed by atoms with Gasteiger partial charge in [0.05, 0.1) is 10.9 Å². The van der Waals surface area contributed by atoms with Crippen molar-refractivity contribution in [3.8, 4) is 11.5 Å². The highest BCUT2D eigenvalue weighted by Gasteiger charge is 2.11. The Morgan fingerprint density at radius 3 is 2.67 bits per heavy atom. The van der Waals surface area contributed by atoms with Crippen LogP contribution < -0.4 is 4.74 Å². The van der Waals surface area contributed by atoms with Crippen molar-refractivity contribution < 1.29 is 9.13 Å². The summed E-state index contributed by atoms with van der Waals surface area (Å²) in [7, 11) is 0. The predicted molar refractivity (Wildman–Crippen MR) is 75.2 cm³/mol. The highest BCUT2D eigenvalue weighted by atomic mass is 79.9. The molecule has 5 heteroatoms. The maximum absolute atomic E-state index is 13.7. The first-order chi connectivity index (χ1) is 8.61. The lowest BCUT2D eigenvalue weighted by Gasteiger charge is -2.12. The van der Waals surface area contributed by atoms with Crippen molar-refractivity contribution in [2.24, 2.45) is 0 Å². The normalized spacial score (nSPS) is 10.4. The molecule has 94 valence electrons. The zero-order valence-corrected chi connectivity index (χ0v) is 12.2. The van der Waals surface area contributed by atoms with Crippen LogP contribution in [0.4, 0.5) is 4.39 Å². The maximum Gasteiger partial charge on any atom is 0.166 e. The number of alkyl halides is 1. The summed E-state index contributed by atoms with van der Waals surface area (Å²) in [6, 6.07) is 9.77. The van der Waals surface area contributed by atoms with Crippen LogP contribution in [0.2, 0.25) is 5.02 Å². The van der Waals surface area contributed by atoms with Crippen molar-refractivity contribution in [2.75, 3.05) is 0 Å². The molecule has 0 fully saturated rings. The van der Waals surface area contributed by atoms with E-state index in [0.717, 1.165) is 0 Å². The Hall–Kier alpha value is -0.770. The molecule has 0 bridgehead atoms. The summed E-state index contributed by atoms with van der Waals surface area (Å²) in [5.41, 5.74) is 0.714. The molecule has 0 aromatic heterocycles. The average Bonchev–Trinajstić information content (AvgIpc) is 2.34. The Bertz CT molecular complexity index is 575. The van der Waals surface area contributed by atoms with Gasteiger partial charge in [-0.05, 0) is 24.3 Å².